The maximum Gasteiger partial charge on any atom is 0.258 e. The van der Waals surface area contributed by atoms with E-state index in [1.165, 1.54) is 27.7 Å². The number of nitrogens with zero attached hydrogens (tertiary/aromatic N) is 2. The van der Waals surface area contributed by atoms with Crippen molar-refractivity contribution in [1.82, 2.24) is 9.13 Å². The van der Waals surface area contributed by atoms with Crippen molar-refractivity contribution in [3.63, 3.8) is 0 Å². The molecule has 0 N–H and O–H groups in total. The van der Waals surface area contributed by atoms with Crippen LogP contribution in [0.2, 0.25) is 0 Å². The van der Waals surface area contributed by atoms with Crippen LogP contribution in [0.3, 0.4) is 0 Å². The summed E-state index contributed by atoms with van der Waals surface area (Å²) in [6.45, 7) is 1.52. The molecule has 3 nitrogen and oxygen atoms in total. The summed E-state index contributed by atoms with van der Waals surface area (Å²) >= 11 is 0. The van der Waals surface area contributed by atoms with Crippen LogP contribution in [0.15, 0.2) is 89.7 Å². The van der Waals surface area contributed by atoms with Crippen molar-refractivity contribution in [2.45, 2.75) is 19.5 Å². The Kier molecular flexibility index (Phi) is 3.51. The first kappa shape index (κ1) is 16.4. The van der Waals surface area contributed by atoms with E-state index in [9.17, 15) is 4.79 Å². The van der Waals surface area contributed by atoms with Crippen LogP contribution in [0.5, 0.6) is 0 Å². The summed E-state index contributed by atoms with van der Waals surface area (Å²) in [5.74, 6) is 0. The molecular formula is C26H20N2O. The van der Waals surface area contributed by atoms with Gasteiger partial charge in [0, 0.05) is 29.4 Å². The normalized spacial score (nSPS) is 12.8. The van der Waals surface area contributed by atoms with Crippen LogP contribution in [-0.4, -0.2) is 9.13 Å². The second kappa shape index (κ2) is 6.21. The van der Waals surface area contributed by atoms with Gasteiger partial charge >= 0.3 is 0 Å². The van der Waals surface area contributed by atoms with Gasteiger partial charge in [-0.1, -0.05) is 66.7 Å². The molecular weight excluding hydrogens is 356 g/mol. The quantitative estimate of drug-likeness (QED) is 0.415. The largest absolute Gasteiger partial charge is 0.335 e. The van der Waals surface area contributed by atoms with Crippen LogP contribution in [0.4, 0.5) is 0 Å². The van der Waals surface area contributed by atoms with Gasteiger partial charge in [-0.25, -0.2) is 0 Å². The molecule has 5 aromatic rings. The van der Waals surface area contributed by atoms with Gasteiger partial charge in [0.2, 0.25) is 0 Å². The van der Waals surface area contributed by atoms with E-state index in [2.05, 4.69) is 59.2 Å². The van der Waals surface area contributed by atoms with E-state index < -0.39 is 0 Å². The number of fused-ring (bicyclic) bond motifs is 6. The summed E-state index contributed by atoms with van der Waals surface area (Å²) in [5.41, 5.74) is 6.17. The van der Waals surface area contributed by atoms with E-state index in [1.807, 2.05) is 34.9 Å². The molecule has 3 heteroatoms. The maximum atomic E-state index is 13.2. The number of aryl methyl sites for hydroxylation is 1. The molecule has 1 aliphatic rings. The molecule has 0 spiro atoms. The zero-order valence-corrected chi connectivity index (χ0v) is 16.0. The van der Waals surface area contributed by atoms with Gasteiger partial charge in [0.05, 0.1) is 11.4 Å². The summed E-state index contributed by atoms with van der Waals surface area (Å²) in [7, 11) is 0. The highest BCUT2D eigenvalue weighted by Crippen LogP contribution is 2.38. The van der Waals surface area contributed by atoms with Crippen LogP contribution in [0, 0.1) is 0 Å². The molecule has 2 aromatic heterocycles. The Hall–Kier alpha value is -3.59. The SMILES string of the molecule is O=c1c2ccccc2cc2n1CCc1c-2n(Cc2ccccc2)c2ccccc12. The van der Waals surface area contributed by atoms with Crippen LogP contribution in [-0.2, 0) is 19.5 Å². The van der Waals surface area contributed by atoms with Crippen molar-refractivity contribution < 1.29 is 0 Å². The van der Waals surface area contributed by atoms with Gasteiger partial charge in [-0.15, -0.1) is 0 Å². The molecule has 6 rings (SSSR count). The molecule has 3 heterocycles. The summed E-state index contributed by atoms with van der Waals surface area (Å²) in [6.07, 6.45) is 0.878. The maximum absolute atomic E-state index is 13.2. The fraction of sp³-hybridized carbons (Fsp3) is 0.115. The molecule has 0 bridgehead atoms. The van der Waals surface area contributed by atoms with Gasteiger partial charge in [0.25, 0.3) is 5.56 Å². The summed E-state index contributed by atoms with van der Waals surface area (Å²) in [4.78, 5) is 13.2. The Labute approximate surface area is 168 Å². The van der Waals surface area contributed by atoms with Crippen molar-refractivity contribution in [3.8, 4) is 11.4 Å². The predicted octanol–water partition coefficient (Wildman–Crippen LogP) is 5.23. The standard InChI is InChI=1S/C26H20N2O/c29-26-20-11-5-4-10-19(20)16-24-25-22(14-15-27(24)26)21-12-6-7-13-23(21)28(25)17-18-8-2-1-3-9-18/h1-13,16H,14-15,17H2. The van der Waals surface area contributed by atoms with Crippen LogP contribution >= 0.6 is 0 Å². The Balaban J connectivity index is 1.70. The van der Waals surface area contributed by atoms with Crippen molar-refractivity contribution in [2.75, 3.05) is 0 Å². The lowest BCUT2D eigenvalue weighted by molar-refractivity contribution is 0.655. The van der Waals surface area contributed by atoms with Gasteiger partial charge in [-0.05, 0) is 41.1 Å². The zero-order valence-electron chi connectivity index (χ0n) is 16.0. The summed E-state index contributed by atoms with van der Waals surface area (Å²) in [5, 5.41) is 3.10. The molecule has 29 heavy (non-hydrogen) atoms. The molecule has 0 fully saturated rings. The number of rotatable bonds is 2. The molecule has 0 saturated heterocycles. The predicted molar refractivity (Wildman–Crippen MR) is 118 cm³/mol. The monoisotopic (exact) mass is 376 g/mol. The molecule has 0 aliphatic carbocycles. The Morgan fingerprint density at radius 1 is 0.793 bits per heavy atom. The lowest BCUT2D eigenvalue weighted by Gasteiger charge is -2.22. The average molecular weight is 376 g/mol. The molecule has 0 unspecified atom stereocenters. The van der Waals surface area contributed by atoms with Gasteiger partial charge in [-0.3, -0.25) is 4.79 Å². The van der Waals surface area contributed by atoms with Crippen molar-refractivity contribution in [3.05, 3.63) is 106 Å². The molecule has 0 amide bonds. The van der Waals surface area contributed by atoms with E-state index in [0.717, 1.165) is 36.0 Å². The van der Waals surface area contributed by atoms with Crippen molar-refractivity contribution in [2.24, 2.45) is 0 Å². The highest BCUT2D eigenvalue weighted by molar-refractivity contribution is 5.94. The van der Waals surface area contributed by atoms with Crippen LogP contribution in [0.1, 0.15) is 11.1 Å². The van der Waals surface area contributed by atoms with E-state index >= 15 is 0 Å². The van der Waals surface area contributed by atoms with E-state index in [0.29, 0.717) is 0 Å². The van der Waals surface area contributed by atoms with E-state index in [4.69, 9.17) is 0 Å². The first-order chi connectivity index (χ1) is 14.3. The number of benzene rings is 3. The van der Waals surface area contributed by atoms with Crippen molar-refractivity contribution in [1.29, 1.82) is 0 Å². The molecule has 0 atom stereocenters. The second-order valence-electron chi connectivity index (χ2n) is 7.74. The minimum atomic E-state index is 0.111. The highest BCUT2D eigenvalue weighted by atomic mass is 16.1. The first-order valence-corrected chi connectivity index (χ1v) is 10.1. The van der Waals surface area contributed by atoms with Gasteiger partial charge in [0.15, 0.2) is 0 Å². The van der Waals surface area contributed by atoms with E-state index in [1.54, 1.807) is 0 Å². The number of para-hydroxylation sites is 1. The Morgan fingerprint density at radius 2 is 1.52 bits per heavy atom. The molecule has 0 radical (unpaired) electrons. The van der Waals surface area contributed by atoms with Crippen LogP contribution < -0.4 is 5.56 Å². The smallest absolute Gasteiger partial charge is 0.258 e. The summed E-state index contributed by atoms with van der Waals surface area (Å²) in [6, 6.07) is 29.3. The number of hydrogen-bond donors (Lipinski definition) is 0. The highest BCUT2D eigenvalue weighted by Gasteiger charge is 2.25. The van der Waals surface area contributed by atoms with Crippen LogP contribution in [0.25, 0.3) is 33.1 Å². The molecule has 140 valence electrons. The third kappa shape index (κ3) is 2.40. The summed E-state index contributed by atoms with van der Waals surface area (Å²) < 4.78 is 4.35. The third-order valence-electron chi connectivity index (χ3n) is 6.11. The fourth-order valence-corrected chi connectivity index (χ4v) is 4.79. The Morgan fingerprint density at radius 3 is 2.38 bits per heavy atom. The molecule has 0 saturated carbocycles. The topological polar surface area (TPSA) is 26.9 Å². The van der Waals surface area contributed by atoms with Crippen molar-refractivity contribution >= 4 is 21.7 Å². The lowest BCUT2D eigenvalue weighted by Crippen LogP contribution is -2.26. The Bertz CT molecular complexity index is 1440. The number of pyridine rings is 1. The minimum absolute atomic E-state index is 0.111. The third-order valence-corrected chi connectivity index (χ3v) is 6.11. The minimum Gasteiger partial charge on any atom is -0.335 e. The fourth-order valence-electron chi connectivity index (χ4n) is 4.79. The van der Waals surface area contributed by atoms with Gasteiger partial charge in [-0.2, -0.15) is 0 Å². The second-order valence-corrected chi connectivity index (χ2v) is 7.74. The lowest BCUT2D eigenvalue weighted by atomic mass is 10.00. The molecule has 3 aromatic carbocycles. The number of aromatic nitrogens is 2. The van der Waals surface area contributed by atoms with Gasteiger partial charge in [0.1, 0.15) is 0 Å². The number of hydrogen-bond acceptors (Lipinski definition) is 1. The molecule has 1 aliphatic heterocycles. The average Bonchev–Trinajstić information content (AvgIpc) is 3.09. The van der Waals surface area contributed by atoms with Gasteiger partial charge < -0.3 is 9.13 Å². The zero-order chi connectivity index (χ0) is 19.4. The van der Waals surface area contributed by atoms with E-state index in [-0.39, 0.29) is 5.56 Å². The first-order valence-electron chi connectivity index (χ1n) is 10.1.